The third kappa shape index (κ3) is 4.37. The van der Waals surface area contributed by atoms with Crippen molar-refractivity contribution in [3.05, 3.63) is 12.7 Å². The Bertz CT molecular complexity index is 356. The van der Waals surface area contributed by atoms with Crippen LogP contribution in [-0.2, 0) is 9.16 Å². The number of rotatable bonds is 5. The Labute approximate surface area is 129 Å². The normalized spacial score (nSPS) is 32.8. The van der Waals surface area contributed by atoms with Gasteiger partial charge in [-0.2, -0.15) is 0 Å². The highest BCUT2D eigenvalue weighted by atomic mass is 28.4. The largest absolute Gasteiger partial charge is 0.411 e. The van der Waals surface area contributed by atoms with Crippen LogP contribution in [-0.4, -0.2) is 55.6 Å². The summed E-state index contributed by atoms with van der Waals surface area (Å²) in [5.41, 5.74) is 6.06. The van der Waals surface area contributed by atoms with Crippen molar-refractivity contribution in [2.75, 3.05) is 6.61 Å². The average molecular weight is 318 g/mol. The highest BCUT2D eigenvalue weighted by Gasteiger charge is 2.45. The van der Waals surface area contributed by atoms with Crippen molar-refractivity contribution in [1.29, 1.82) is 0 Å². The lowest BCUT2D eigenvalue weighted by molar-refractivity contribution is -0.177. The van der Waals surface area contributed by atoms with Crippen molar-refractivity contribution in [2.45, 2.75) is 75.8 Å². The van der Waals surface area contributed by atoms with Gasteiger partial charge in [0.05, 0.1) is 24.9 Å². The maximum atomic E-state index is 10.1. The SMILES string of the molecule is C=C[C@H](N)[C@@H]1O[C@H](CO)[C@H](O)C[C@@H]1O[Si](C)(C)C(C)(C)C. The molecule has 4 N–H and O–H groups in total. The Balaban J connectivity index is 2.93. The quantitative estimate of drug-likeness (QED) is 0.527. The lowest BCUT2D eigenvalue weighted by Gasteiger charge is -2.46. The predicted molar refractivity (Wildman–Crippen MR) is 86.6 cm³/mol. The highest BCUT2D eigenvalue weighted by molar-refractivity contribution is 6.74. The van der Waals surface area contributed by atoms with E-state index in [4.69, 9.17) is 14.9 Å². The number of hydrogen-bond acceptors (Lipinski definition) is 5. The van der Waals surface area contributed by atoms with Crippen LogP contribution in [0, 0.1) is 0 Å². The molecule has 0 saturated carbocycles. The van der Waals surface area contributed by atoms with Gasteiger partial charge in [-0.05, 0) is 18.1 Å². The molecule has 6 heteroatoms. The summed E-state index contributed by atoms with van der Waals surface area (Å²) in [5, 5.41) is 19.5. The van der Waals surface area contributed by atoms with Gasteiger partial charge in [-0.3, -0.25) is 0 Å². The van der Waals surface area contributed by atoms with E-state index >= 15 is 0 Å². The lowest BCUT2D eigenvalue weighted by Crippen LogP contribution is -2.59. The van der Waals surface area contributed by atoms with Crippen molar-refractivity contribution in [1.82, 2.24) is 0 Å². The Morgan fingerprint density at radius 1 is 1.48 bits per heavy atom. The van der Waals surface area contributed by atoms with Crippen LogP contribution in [0.3, 0.4) is 0 Å². The minimum Gasteiger partial charge on any atom is -0.411 e. The molecule has 0 radical (unpaired) electrons. The molecule has 0 aliphatic carbocycles. The highest BCUT2D eigenvalue weighted by Crippen LogP contribution is 2.39. The van der Waals surface area contributed by atoms with Gasteiger partial charge in [-0.25, -0.2) is 0 Å². The maximum absolute atomic E-state index is 10.1. The topological polar surface area (TPSA) is 84.9 Å². The molecule has 124 valence electrons. The van der Waals surface area contributed by atoms with Gasteiger partial charge in [0, 0.05) is 6.42 Å². The molecule has 0 unspecified atom stereocenters. The first-order valence-electron chi connectivity index (χ1n) is 7.54. The van der Waals surface area contributed by atoms with Crippen molar-refractivity contribution in [2.24, 2.45) is 5.73 Å². The molecule has 0 aromatic heterocycles. The molecule has 1 heterocycles. The Morgan fingerprint density at radius 2 is 2.05 bits per heavy atom. The summed E-state index contributed by atoms with van der Waals surface area (Å²) in [6.45, 7) is 14.3. The predicted octanol–water partition coefficient (Wildman–Crippen LogP) is 1.40. The third-order valence-corrected chi connectivity index (χ3v) is 9.19. The van der Waals surface area contributed by atoms with Gasteiger partial charge in [-0.15, -0.1) is 6.58 Å². The van der Waals surface area contributed by atoms with E-state index in [0.717, 1.165) is 0 Å². The maximum Gasteiger partial charge on any atom is 0.192 e. The number of ether oxygens (including phenoxy) is 1. The zero-order valence-corrected chi connectivity index (χ0v) is 14.9. The Kier molecular flexibility index (Phi) is 6.17. The molecular weight excluding hydrogens is 286 g/mol. The molecule has 5 nitrogen and oxygen atoms in total. The number of hydrogen-bond donors (Lipinski definition) is 3. The van der Waals surface area contributed by atoms with E-state index in [2.05, 4.69) is 40.4 Å². The fraction of sp³-hybridized carbons (Fsp3) is 0.867. The molecule has 0 aromatic rings. The van der Waals surface area contributed by atoms with Gasteiger partial charge < -0.3 is 25.1 Å². The van der Waals surface area contributed by atoms with Crippen LogP contribution in [0.15, 0.2) is 12.7 Å². The van der Waals surface area contributed by atoms with Crippen LogP contribution in [0.2, 0.25) is 18.1 Å². The van der Waals surface area contributed by atoms with Crippen LogP contribution < -0.4 is 5.73 Å². The summed E-state index contributed by atoms with van der Waals surface area (Å²) < 4.78 is 12.2. The van der Waals surface area contributed by atoms with Gasteiger partial charge in [0.2, 0.25) is 0 Å². The van der Waals surface area contributed by atoms with Crippen molar-refractivity contribution in [3.8, 4) is 0 Å². The molecule has 0 aromatic carbocycles. The van der Waals surface area contributed by atoms with Crippen molar-refractivity contribution in [3.63, 3.8) is 0 Å². The molecule has 0 amide bonds. The van der Waals surface area contributed by atoms with Crippen molar-refractivity contribution < 1.29 is 19.4 Å². The van der Waals surface area contributed by atoms with Crippen molar-refractivity contribution >= 4 is 8.32 Å². The van der Waals surface area contributed by atoms with Gasteiger partial charge >= 0.3 is 0 Å². The first-order valence-corrected chi connectivity index (χ1v) is 10.4. The molecule has 21 heavy (non-hydrogen) atoms. The smallest absolute Gasteiger partial charge is 0.192 e. The fourth-order valence-corrected chi connectivity index (χ4v) is 3.55. The van der Waals surface area contributed by atoms with Crippen LogP contribution in [0.4, 0.5) is 0 Å². The number of nitrogens with two attached hydrogens (primary N) is 1. The van der Waals surface area contributed by atoms with Crippen LogP contribution in [0.25, 0.3) is 0 Å². The van der Waals surface area contributed by atoms with E-state index < -0.39 is 26.6 Å². The van der Waals surface area contributed by atoms with E-state index in [1.807, 2.05) is 0 Å². The van der Waals surface area contributed by atoms with Gasteiger partial charge in [0.25, 0.3) is 0 Å². The second-order valence-electron chi connectivity index (χ2n) is 7.35. The summed E-state index contributed by atoms with van der Waals surface area (Å²) in [5.74, 6) is 0. The molecule has 0 bridgehead atoms. The minimum atomic E-state index is -2.00. The number of aliphatic hydroxyl groups excluding tert-OH is 2. The van der Waals surface area contributed by atoms with Gasteiger partial charge in [-0.1, -0.05) is 26.8 Å². The molecule has 1 rings (SSSR count). The Hall–Kier alpha value is -0.243. The van der Waals surface area contributed by atoms with E-state index in [-0.39, 0.29) is 23.8 Å². The van der Waals surface area contributed by atoms with Crippen LogP contribution in [0.1, 0.15) is 27.2 Å². The molecule has 1 saturated heterocycles. The van der Waals surface area contributed by atoms with Crippen LogP contribution in [0.5, 0.6) is 0 Å². The second-order valence-corrected chi connectivity index (χ2v) is 12.1. The molecular formula is C15H31NO4Si. The summed E-state index contributed by atoms with van der Waals surface area (Å²) in [4.78, 5) is 0. The van der Waals surface area contributed by atoms with E-state index in [1.165, 1.54) is 0 Å². The van der Waals surface area contributed by atoms with Gasteiger partial charge in [0.1, 0.15) is 12.2 Å². The minimum absolute atomic E-state index is 0.0641. The first-order chi connectivity index (χ1) is 9.53. The monoisotopic (exact) mass is 317 g/mol. The molecule has 1 aliphatic rings. The van der Waals surface area contributed by atoms with Gasteiger partial charge in [0.15, 0.2) is 8.32 Å². The summed E-state index contributed by atoms with van der Waals surface area (Å²) in [6.07, 6.45) is 0.0233. The van der Waals surface area contributed by atoms with E-state index in [1.54, 1.807) is 6.08 Å². The summed E-state index contributed by atoms with van der Waals surface area (Å²) >= 11 is 0. The molecule has 0 spiro atoms. The molecule has 5 atom stereocenters. The standard InChI is InChI=1S/C15H31NO4Si/c1-7-10(16)14-12(8-11(18)13(9-17)19-14)20-21(5,6)15(2,3)4/h7,10-14,17-18H,1,8-9,16H2,2-6H3/t10-,11+,12-,13+,14-/m0/s1. The lowest BCUT2D eigenvalue weighted by atomic mass is 9.94. The van der Waals surface area contributed by atoms with E-state index in [9.17, 15) is 10.2 Å². The Morgan fingerprint density at radius 3 is 2.48 bits per heavy atom. The zero-order chi connectivity index (χ0) is 16.4. The first kappa shape index (κ1) is 18.8. The van der Waals surface area contributed by atoms with E-state index in [0.29, 0.717) is 6.42 Å². The third-order valence-electron chi connectivity index (χ3n) is 4.68. The second kappa shape index (κ2) is 6.89. The fourth-order valence-electron chi connectivity index (χ4n) is 2.21. The molecule has 1 fully saturated rings. The average Bonchev–Trinajstić information content (AvgIpc) is 2.36. The number of aliphatic hydroxyl groups is 2. The zero-order valence-electron chi connectivity index (χ0n) is 13.9. The molecule has 1 aliphatic heterocycles. The summed E-state index contributed by atoms with van der Waals surface area (Å²) in [6, 6.07) is -0.388. The summed E-state index contributed by atoms with van der Waals surface area (Å²) in [7, 11) is -2.00. The van der Waals surface area contributed by atoms with Crippen LogP contribution >= 0.6 is 0 Å².